The van der Waals surface area contributed by atoms with E-state index in [1.165, 1.54) is 6.92 Å². The first-order valence-corrected chi connectivity index (χ1v) is 7.52. The number of ether oxygens (including phenoxy) is 1. The van der Waals surface area contributed by atoms with Gasteiger partial charge in [0.05, 0.1) is 6.61 Å². The quantitative estimate of drug-likeness (QED) is 0.484. The third kappa shape index (κ3) is 4.64. The van der Waals surface area contributed by atoms with E-state index in [0.29, 0.717) is 18.7 Å². The van der Waals surface area contributed by atoms with Crippen LogP contribution in [0.2, 0.25) is 0 Å². The summed E-state index contributed by atoms with van der Waals surface area (Å²) < 4.78 is 8.44. The lowest BCUT2D eigenvalue weighted by atomic mass is 10.1. The summed E-state index contributed by atoms with van der Waals surface area (Å²) in [6.45, 7) is 6.11. The Morgan fingerprint density at radius 3 is 2.48 bits per heavy atom. The van der Waals surface area contributed by atoms with Crippen LogP contribution in [0.3, 0.4) is 0 Å². The smallest absolute Gasteiger partial charge is 0.333 e. The summed E-state index contributed by atoms with van der Waals surface area (Å²) in [4.78, 5) is 22.9. The molecule has 0 unspecified atom stereocenters. The largest absolute Gasteiger partial charge is 0.463 e. The SMILES string of the molecule is CCOC(=O)/C(C)=C/c1ccc(C[n+]2ccn(C(C)=O)c2)cc1. The topological polar surface area (TPSA) is 52.2 Å². The molecule has 0 saturated carbocycles. The Morgan fingerprint density at radius 1 is 1.22 bits per heavy atom. The third-order valence-corrected chi connectivity index (χ3v) is 3.38. The molecule has 0 spiro atoms. The molecule has 0 saturated heterocycles. The maximum Gasteiger partial charge on any atom is 0.333 e. The van der Waals surface area contributed by atoms with E-state index in [9.17, 15) is 9.59 Å². The van der Waals surface area contributed by atoms with Crippen LogP contribution in [0.15, 0.2) is 48.6 Å². The Bertz CT molecular complexity index is 727. The zero-order valence-electron chi connectivity index (χ0n) is 13.7. The van der Waals surface area contributed by atoms with Crippen molar-refractivity contribution in [3.8, 4) is 0 Å². The van der Waals surface area contributed by atoms with Crippen molar-refractivity contribution < 1.29 is 18.9 Å². The molecule has 0 N–H and O–H groups in total. The second kappa shape index (κ2) is 7.54. The van der Waals surface area contributed by atoms with Crippen LogP contribution in [0, 0.1) is 0 Å². The van der Waals surface area contributed by atoms with Gasteiger partial charge < -0.3 is 4.74 Å². The van der Waals surface area contributed by atoms with Gasteiger partial charge >= 0.3 is 11.9 Å². The fourth-order valence-corrected chi connectivity index (χ4v) is 2.16. The predicted octanol–water partition coefficient (Wildman–Crippen LogP) is 2.45. The van der Waals surface area contributed by atoms with E-state index in [0.717, 1.165) is 11.1 Å². The Kier molecular flexibility index (Phi) is 5.46. The molecule has 0 bridgehead atoms. The van der Waals surface area contributed by atoms with Crippen LogP contribution >= 0.6 is 0 Å². The van der Waals surface area contributed by atoms with E-state index in [4.69, 9.17) is 4.74 Å². The van der Waals surface area contributed by atoms with Crippen molar-refractivity contribution in [2.75, 3.05) is 6.61 Å². The number of carbonyl (C=O) groups excluding carboxylic acids is 2. The number of rotatable bonds is 5. The van der Waals surface area contributed by atoms with Crippen molar-refractivity contribution in [2.45, 2.75) is 27.3 Å². The van der Waals surface area contributed by atoms with Gasteiger partial charge in [-0.25, -0.2) is 14.2 Å². The summed E-state index contributed by atoms with van der Waals surface area (Å²) in [6.07, 6.45) is 7.17. The number of carbonyl (C=O) groups is 2. The number of esters is 1. The average molecular weight is 313 g/mol. The maximum atomic E-state index is 11.6. The van der Waals surface area contributed by atoms with Gasteiger partial charge in [0.2, 0.25) is 0 Å². The minimum absolute atomic E-state index is 0.0151. The van der Waals surface area contributed by atoms with E-state index in [1.807, 2.05) is 35.0 Å². The summed E-state index contributed by atoms with van der Waals surface area (Å²) in [6, 6.07) is 7.92. The molecule has 5 heteroatoms. The fraction of sp³-hybridized carbons (Fsp3) is 0.278. The van der Waals surface area contributed by atoms with Crippen molar-refractivity contribution in [2.24, 2.45) is 0 Å². The van der Waals surface area contributed by atoms with Crippen LogP contribution < -0.4 is 4.57 Å². The molecule has 1 aromatic carbocycles. The summed E-state index contributed by atoms with van der Waals surface area (Å²) >= 11 is 0. The van der Waals surface area contributed by atoms with E-state index in [1.54, 1.807) is 37.0 Å². The molecular weight excluding hydrogens is 292 g/mol. The van der Waals surface area contributed by atoms with Crippen LogP contribution in [0.5, 0.6) is 0 Å². The lowest BCUT2D eigenvalue weighted by Crippen LogP contribution is -2.31. The van der Waals surface area contributed by atoms with Crippen molar-refractivity contribution in [1.82, 2.24) is 4.57 Å². The molecule has 1 aromatic heterocycles. The minimum atomic E-state index is -0.294. The lowest BCUT2D eigenvalue weighted by molar-refractivity contribution is -0.687. The number of nitrogens with zero attached hydrogens (tertiary/aromatic N) is 2. The zero-order chi connectivity index (χ0) is 16.8. The summed E-state index contributed by atoms with van der Waals surface area (Å²) in [5.74, 6) is -0.309. The molecule has 2 rings (SSSR count). The lowest BCUT2D eigenvalue weighted by Gasteiger charge is -2.03. The van der Waals surface area contributed by atoms with Crippen molar-refractivity contribution in [3.63, 3.8) is 0 Å². The van der Waals surface area contributed by atoms with Gasteiger partial charge in [-0.15, -0.1) is 0 Å². The Labute approximate surface area is 135 Å². The minimum Gasteiger partial charge on any atom is -0.463 e. The van der Waals surface area contributed by atoms with Crippen LogP contribution in [-0.2, 0) is 16.1 Å². The summed E-state index contributed by atoms with van der Waals surface area (Å²) in [5.41, 5.74) is 2.64. The molecule has 0 amide bonds. The zero-order valence-corrected chi connectivity index (χ0v) is 13.7. The average Bonchev–Trinajstić information content (AvgIpc) is 2.98. The predicted molar refractivity (Wildman–Crippen MR) is 86.8 cm³/mol. The van der Waals surface area contributed by atoms with Gasteiger partial charge in [0.25, 0.3) is 6.33 Å². The molecule has 0 aliphatic heterocycles. The molecule has 0 fully saturated rings. The van der Waals surface area contributed by atoms with Gasteiger partial charge in [-0.1, -0.05) is 24.3 Å². The van der Waals surface area contributed by atoms with Crippen molar-refractivity contribution >= 4 is 18.0 Å². The standard InChI is InChI=1S/C18H21N2O3/c1-4-23-18(22)14(2)11-16-5-7-17(8-6-16)12-19-9-10-20(13-19)15(3)21/h5-11,13H,4,12H2,1-3H3/q+1/b14-11+. The van der Waals surface area contributed by atoms with E-state index in [2.05, 4.69) is 0 Å². The molecule has 2 aromatic rings. The second-order valence-corrected chi connectivity index (χ2v) is 5.30. The van der Waals surface area contributed by atoms with E-state index >= 15 is 0 Å². The second-order valence-electron chi connectivity index (χ2n) is 5.30. The van der Waals surface area contributed by atoms with Gasteiger partial charge in [-0.3, -0.25) is 0 Å². The van der Waals surface area contributed by atoms with E-state index < -0.39 is 0 Å². The maximum absolute atomic E-state index is 11.6. The van der Waals surface area contributed by atoms with Crippen molar-refractivity contribution in [3.05, 3.63) is 59.7 Å². The van der Waals surface area contributed by atoms with Crippen LogP contribution in [-0.4, -0.2) is 23.1 Å². The Balaban J connectivity index is 2.05. The monoisotopic (exact) mass is 313 g/mol. The number of hydrogen-bond acceptors (Lipinski definition) is 3. The van der Waals surface area contributed by atoms with Gasteiger partial charge in [-0.05, 0) is 31.1 Å². The molecule has 23 heavy (non-hydrogen) atoms. The molecule has 0 aliphatic rings. The van der Waals surface area contributed by atoms with Crippen LogP contribution in [0.4, 0.5) is 0 Å². The molecule has 0 aliphatic carbocycles. The third-order valence-electron chi connectivity index (χ3n) is 3.38. The van der Waals surface area contributed by atoms with Gasteiger partial charge in [0.15, 0.2) is 0 Å². The number of benzene rings is 1. The highest BCUT2D eigenvalue weighted by atomic mass is 16.5. The highest BCUT2D eigenvalue weighted by molar-refractivity contribution is 5.92. The molecule has 0 atom stereocenters. The van der Waals surface area contributed by atoms with Crippen molar-refractivity contribution in [1.29, 1.82) is 0 Å². The first-order valence-electron chi connectivity index (χ1n) is 7.52. The molecular formula is C18H21N2O3+. The molecule has 120 valence electrons. The number of hydrogen-bond donors (Lipinski definition) is 0. The van der Waals surface area contributed by atoms with Crippen LogP contribution in [0.25, 0.3) is 6.08 Å². The Morgan fingerprint density at radius 2 is 1.91 bits per heavy atom. The highest BCUT2D eigenvalue weighted by Gasteiger charge is 2.08. The first kappa shape index (κ1) is 16.7. The highest BCUT2D eigenvalue weighted by Crippen LogP contribution is 2.10. The molecule has 1 heterocycles. The first-order chi connectivity index (χ1) is 11.0. The van der Waals surface area contributed by atoms with E-state index in [-0.39, 0.29) is 11.9 Å². The van der Waals surface area contributed by atoms with Crippen LogP contribution in [0.1, 0.15) is 36.7 Å². The molecule has 5 nitrogen and oxygen atoms in total. The molecule has 0 radical (unpaired) electrons. The summed E-state index contributed by atoms with van der Waals surface area (Å²) in [7, 11) is 0. The van der Waals surface area contributed by atoms with Gasteiger partial charge in [-0.2, -0.15) is 4.57 Å². The Hall–Kier alpha value is -2.69. The normalized spacial score (nSPS) is 11.3. The summed E-state index contributed by atoms with van der Waals surface area (Å²) in [5, 5.41) is 0. The number of imidazole rings is 1. The fourth-order valence-electron chi connectivity index (χ4n) is 2.16. The van der Waals surface area contributed by atoms with Gasteiger partial charge in [0.1, 0.15) is 18.9 Å². The number of aromatic nitrogens is 2. The van der Waals surface area contributed by atoms with Gasteiger partial charge in [0, 0.05) is 12.5 Å².